The number of hydrogen-bond donors (Lipinski definition) is 1. The first-order chi connectivity index (χ1) is 7.39. The normalized spacial score (nSPS) is 13.3. The number of methoxy groups -OCH3 is 1. The number of benzene rings is 1. The minimum absolute atomic E-state index is 0.367. The maximum Gasteiger partial charge on any atom is 0.313 e. The maximum atomic E-state index is 13.0. The fraction of sp³-hybridized carbons (Fsp3) is 0.417. The summed E-state index contributed by atoms with van der Waals surface area (Å²) >= 11 is 0. The summed E-state index contributed by atoms with van der Waals surface area (Å²) in [6.07, 6.45) is 0. The molecule has 0 aliphatic rings. The van der Waals surface area contributed by atoms with Gasteiger partial charge in [0, 0.05) is 6.04 Å². The van der Waals surface area contributed by atoms with Crippen molar-refractivity contribution >= 4 is 5.97 Å². The second kappa shape index (κ2) is 4.61. The van der Waals surface area contributed by atoms with Gasteiger partial charge in [-0.05, 0) is 31.5 Å². The lowest BCUT2D eigenvalue weighted by Gasteiger charge is -2.28. The van der Waals surface area contributed by atoms with Gasteiger partial charge in [0.25, 0.3) is 0 Å². The van der Waals surface area contributed by atoms with E-state index in [0.717, 1.165) is 0 Å². The number of hydrogen-bond acceptors (Lipinski definition) is 3. The summed E-state index contributed by atoms with van der Waals surface area (Å²) in [5, 5.41) is 0. The minimum atomic E-state index is -0.886. The van der Waals surface area contributed by atoms with E-state index in [2.05, 4.69) is 4.74 Å². The van der Waals surface area contributed by atoms with Gasteiger partial charge in [0.2, 0.25) is 0 Å². The first-order valence-electron chi connectivity index (χ1n) is 4.99. The van der Waals surface area contributed by atoms with Crippen molar-refractivity contribution in [2.75, 3.05) is 7.11 Å². The second-order valence-electron chi connectivity index (χ2n) is 4.25. The largest absolute Gasteiger partial charge is 0.469 e. The van der Waals surface area contributed by atoms with Crippen LogP contribution in [0.25, 0.3) is 0 Å². The van der Waals surface area contributed by atoms with Gasteiger partial charge < -0.3 is 10.5 Å². The van der Waals surface area contributed by atoms with Crippen molar-refractivity contribution in [3.63, 3.8) is 0 Å². The van der Waals surface area contributed by atoms with Gasteiger partial charge >= 0.3 is 5.97 Å². The molecule has 3 nitrogen and oxygen atoms in total. The molecule has 0 aliphatic heterocycles. The fourth-order valence-corrected chi connectivity index (χ4v) is 1.51. The molecule has 0 aliphatic carbocycles. The van der Waals surface area contributed by atoms with E-state index >= 15 is 0 Å². The summed E-state index contributed by atoms with van der Waals surface area (Å²) < 4.78 is 17.7. The zero-order chi connectivity index (χ0) is 12.3. The Morgan fingerprint density at radius 3 is 2.62 bits per heavy atom. The lowest BCUT2D eigenvalue weighted by molar-refractivity contribution is -0.152. The fourth-order valence-electron chi connectivity index (χ4n) is 1.51. The third kappa shape index (κ3) is 2.39. The average molecular weight is 225 g/mol. The lowest BCUT2D eigenvalue weighted by Crippen LogP contribution is -2.37. The SMILES string of the molecule is COC(=O)C(C)(C)C(N)c1cccc(F)c1. The van der Waals surface area contributed by atoms with Gasteiger partial charge in [-0.25, -0.2) is 4.39 Å². The number of nitrogens with two attached hydrogens (primary N) is 1. The van der Waals surface area contributed by atoms with Crippen LogP contribution < -0.4 is 5.73 Å². The highest BCUT2D eigenvalue weighted by Gasteiger charge is 2.36. The summed E-state index contributed by atoms with van der Waals surface area (Å²) in [6.45, 7) is 3.35. The van der Waals surface area contributed by atoms with Gasteiger partial charge in [-0.1, -0.05) is 12.1 Å². The summed E-state index contributed by atoms with van der Waals surface area (Å²) in [5.41, 5.74) is 5.64. The standard InChI is InChI=1S/C12H16FNO2/c1-12(2,11(15)16-3)10(14)8-5-4-6-9(13)7-8/h4-7,10H,14H2,1-3H3. The zero-order valence-electron chi connectivity index (χ0n) is 9.66. The van der Waals surface area contributed by atoms with Crippen molar-refractivity contribution in [3.8, 4) is 0 Å². The highest BCUT2D eigenvalue weighted by Crippen LogP contribution is 2.32. The molecule has 0 spiro atoms. The molecule has 0 amide bonds. The smallest absolute Gasteiger partial charge is 0.313 e. The Bertz CT molecular complexity index is 390. The molecule has 0 heterocycles. The predicted octanol–water partition coefficient (Wildman–Crippen LogP) is 2.02. The zero-order valence-corrected chi connectivity index (χ0v) is 9.66. The second-order valence-corrected chi connectivity index (χ2v) is 4.25. The molecular weight excluding hydrogens is 209 g/mol. The monoisotopic (exact) mass is 225 g/mol. The lowest BCUT2D eigenvalue weighted by atomic mass is 9.81. The van der Waals surface area contributed by atoms with Crippen LogP contribution in [0.4, 0.5) is 4.39 Å². The van der Waals surface area contributed by atoms with E-state index in [4.69, 9.17) is 5.73 Å². The van der Waals surface area contributed by atoms with Crippen LogP contribution in [-0.4, -0.2) is 13.1 Å². The Labute approximate surface area is 94.4 Å². The molecule has 2 N–H and O–H groups in total. The van der Waals surface area contributed by atoms with Crippen molar-refractivity contribution in [1.29, 1.82) is 0 Å². The van der Waals surface area contributed by atoms with Crippen LogP contribution in [0, 0.1) is 11.2 Å². The van der Waals surface area contributed by atoms with Crippen LogP contribution >= 0.6 is 0 Å². The minimum Gasteiger partial charge on any atom is -0.469 e. The molecule has 0 saturated carbocycles. The molecule has 1 atom stereocenters. The molecule has 0 aromatic heterocycles. The highest BCUT2D eigenvalue weighted by molar-refractivity contribution is 5.77. The Kier molecular flexibility index (Phi) is 3.65. The molecule has 1 rings (SSSR count). The van der Waals surface area contributed by atoms with Crippen LogP contribution in [0.1, 0.15) is 25.5 Å². The first-order valence-corrected chi connectivity index (χ1v) is 4.99. The van der Waals surface area contributed by atoms with Crippen molar-refractivity contribution in [3.05, 3.63) is 35.6 Å². The van der Waals surface area contributed by atoms with Gasteiger partial charge in [0.1, 0.15) is 5.82 Å². The van der Waals surface area contributed by atoms with E-state index in [-0.39, 0.29) is 5.82 Å². The summed E-state index contributed by atoms with van der Waals surface area (Å²) in [4.78, 5) is 11.5. The van der Waals surface area contributed by atoms with Crippen LogP contribution in [-0.2, 0) is 9.53 Å². The maximum absolute atomic E-state index is 13.0. The first kappa shape index (κ1) is 12.6. The molecule has 88 valence electrons. The number of carbonyl (C=O) groups is 1. The Balaban J connectivity index is 3.01. The van der Waals surface area contributed by atoms with E-state index in [1.54, 1.807) is 26.0 Å². The van der Waals surface area contributed by atoms with Crippen molar-refractivity contribution < 1.29 is 13.9 Å². The number of halogens is 1. The molecule has 4 heteroatoms. The van der Waals surface area contributed by atoms with E-state index in [9.17, 15) is 9.18 Å². The molecular formula is C12H16FNO2. The van der Waals surface area contributed by atoms with E-state index in [1.165, 1.54) is 19.2 Å². The summed E-state index contributed by atoms with van der Waals surface area (Å²) in [6, 6.07) is 5.32. The van der Waals surface area contributed by atoms with E-state index in [0.29, 0.717) is 5.56 Å². The number of ether oxygens (including phenoxy) is 1. The number of esters is 1. The molecule has 1 aromatic rings. The molecule has 16 heavy (non-hydrogen) atoms. The Morgan fingerprint density at radius 2 is 2.12 bits per heavy atom. The third-order valence-corrected chi connectivity index (χ3v) is 2.70. The quantitative estimate of drug-likeness (QED) is 0.801. The molecule has 0 saturated heterocycles. The van der Waals surface area contributed by atoms with Crippen LogP contribution in [0.15, 0.2) is 24.3 Å². The van der Waals surface area contributed by atoms with Crippen molar-refractivity contribution in [2.45, 2.75) is 19.9 Å². The van der Waals surface area contributed by atoms with Crippen LogP contribution in [0.2, 0.25) is 0 Å². The van der Waals surface area contributed by atoms with Crippen LogP contribution in [0.5, 0.6) is 0 Å². The molecule has 0 bridgehead atoms. The summed E-state index contributed by atoms with van der Waals surface area (Å²) in [7, 11) is 1.31. The third-order valence-electron chi connectivity index (χ3n) is 2.70. The van der Waals surface area contributed by atoms with Crippen molar-refractivity contribution in [2.24, 2.45) is 11.1 Å². The number of rotatable bonds is 3. The van der Waals surface area contributed by atoms with Gasteiger partial charge in [-0.15, -0.1) is 0 Å². The highest BCUT2D eigenvalue weighted by atomic mass is 19.1. The van der Waals surface area contributed by atoms with Gasteiger partial charge in [0.15, 0.2) is 0 Å². The Hall–Kier alpha value is -1.42. The molecule has 0 radical (unpaired) electrons. The van der Waals surface area contributed by atoms with Crippen LogP contribution in [0.3, 0.4) is 0 Å². The Morgan fingerprint density at radius 1 is 1.50 bits per heavy atom. The van der Waals surface area contributed by atoms with Gasteiger partial charge in [0.05, 0.1) is 12.5 Å². The molecule has 0 fully saturated rings. The predicted molar refractivity (Wildman–Crippen MR) is 59.1 cm³/mol. The van der Waals surface area contributed by atoms with E-state index < -0.39 is 17.4 Å². The van der Waals surface area contributed by atoms with Gasteiger partial charge in [-0.3, -0.25) is 4.79 Å². The van der Waals surface area contributed by atoms with Gasteiger partial charge in [-0.2, -0.15) is 0 Å². The number of carbonyl (C=O) groups excluding carboxylic acids is 1. The molecule has 1 unspecified atom stereocenters. The average Bonchev–Trinajstić information content (AvgIpc) is 2.26. The van der Waals surface area contributed by atoms with E-state index in [1.807, 2.05) is 0 Å². The topological polar surface area (TPSA) is 52.3 Å². The molecule has 1 aromatic carbocycles. The van der Waals surface area contributed by atoms with Crippen molar-refractivity contribution in [1.82, 2.24) is 0 Å². The summed E-state index contributed by atoms with van der Waals surface area (Å²) in [5.74, 6) is -0.780.